The second-order valence-corrected chi connectivity index (χ2v) is 5.06. The Labute approximate surface area is 118 Å². The summed E-state index contributed by atoms with van der Waals surface area (Å²) in [6, 6.07) is 4.27. The number of benzene rings is 1. The van der Waals surface area contributed by atoms with Crippen molar-refractivity contribution < 1.29 is 19.0 Å². The van der Waals surface area contributed by atoms with Gasteiger partial charge in [-0.25, -0.2) is 4.39 Å². The molecule has 5 heteroatoms. The SMILES string of the molecule is CCN(C(=O)COc1ccc(F)cc1[C@H](C)O)C1CC1. The lowest BCUT2D eigenvalue weighted by atomic mass is 10.1. The number of ether oxygens (including phenoxy) is 1. The maximum atomic E-state index is 13.2. The number of nitrogens with zero attached hydrogens (tertiary/aromatic N) is 1. The molecule has 0 saturated heterocycles. The van der Waals surface area contributed by atoms with Crippen molar-refractivity contribution in [1.82, 2.24) is 4.90 Å². The van der Waals surface area contributed by atoms with Gasteiger partial charge in [-0.3, -0.25) is 4.79 Å². The van der Waals surface area contributed by atoms with E-state index >= 15 is 0 Å². The number of likely N-dealkylation sites (N-methyl/N-ethyl adjacent to an activating group) is 1. The molecule has 0 unspecified atom stereocenters. The molecular weight excluding hydrogens is 261 g/mol. The average Bonchev–Trinajstić information content (AvgIpc) is 3.22. The highest BCUT2D eigenvalue weighted by Crippen LogP contribution is 2.28. The summed E-state index contributed by atoms with van der Waals surface area (Å²) in [6.45, 7) is 4.05. The first kappa shape index (κ1) is 14.8. The van der Waals surface area contributed by atoms with E-state index in [0.717, 1.165) is 12.8 Å². The Hall–Kier alpha value is -1.62. The van der Waals surface area contributed by atoms with Crippen LogP contribution in [0.25, 0.3) is 0 Å². The number of rotatable bonds is 6. The first-order valence-corrected chi connectivity index (χ1v) is 6.92. The number of hydrogen-bond acceptors (Lipinski definition) is 3. The van der Waals surface area contributed by atoms with E-state index in [-0.39, 0.29) is 12.5 Å². The van der Waals surface area contributed by atoms with Crippen molar-refractivity contribution in [3.05, 3.63) is 29.6 Å². The molecule has 110 valence electrons. The normalized spacial score (nSPS) is 15.8. The predicted octanol–water partition coefficient (Wildman–Crippen LogP) is 2.27. The van der Waals surface area contributed by atoms with Crippen LogP contribution in [0, 0.1) is 5.82 Å². The largest absolute Gasteiger partial charge is 0.483 e. The Balaban J connectivity index is 2.01. The Morgan fingerprint density at radius 2 is 2.25 bits per heavy atom. The molecule has 0 aromatic heterocycles. The van der Waals surface area contributed by atoms with Crippen LogP contribution in [0.1, 0.15) is 38.4 Å². The molecule has 4 nitrogen and oxygen atoms in total. The van der Waals surface area contributed by atoms with Crippen LogP contribution in [0.15, 0.2) is 18.2 Å². The lowest BCUT2D eigenvalue weighted by Gasteiger charge is -2.21. The summed E-state index contributed by atoms with van der Waals surface area (Å²) in [7, 11) is 0. The van der Waals surface area contributed by atoms with Gasteiger partial charge in [0, 0.05) is 18.2 Å². The Morgan fingerprint density at radius 3 is 2.80 bits per heavy atom. The summed E-state index contributed by atoms with van der Waals surface area (Å²) in [5.41, 5.74) is 0.354. The summed E-state index contributed by atoms with van der Waals surface area (Å²) in [5.74, 6) is -0.162. The van der Waals surface area contributed by atoms with E-state index in [0.29, 0.717) is 23.9 Å². The Kier molecular flexibility index (Phi) is 4.60. The lowest BCUT2D eigenvalue weighted by molar-refractivity contribution is -0.133. The number of aliphatic hydroxyl groups is 1. The molecule has 1 aromatic rings. The van der Waals surface area contributed by atoms with Gasteiger partial charge in [0.1, 0.15) is 11.6 Å². The zero-order chi connectivity index (χ0) is 14.7. The molecule has 0 aliphatic heterocycles. The van der Waals surface area contributed by atoms with Crippen molar-refractivity contribution in [3.63, 3.8) is 0 Å². The minimum atomic E-state index is -0.846. The summed E-state index contributed by atoms with van der Waals surface area (Å²) in [5, 5.41) is 9.61. The van der Waals surface area contributed by atoms with Crippen LogP contribution in [-0.4, -0.2) is 35.1 Å². The van der Waals surface area contributed by atoms with E-state index in [1.165, 1.54) is 25.1 Å². The minimum Gasteiger partial charge on any atom is -0.483 e. The first-order valence-electron chi connectivity index (χ1n) is 6.92. The maximum Gasteiger partial charge on any atom is 0.260 e. The quantitative estimate of drug-likeness (QED) is 0.870. The monoisotopic (exact) mass is 281 g/mol. The van der Waals surface area contributed by atoms with Gasteiger partial charge in [-0.2, -0.15) is 0 Å². The standard InChI is InChI=1S/C15H20FNO3/c1-3-17(12-5-6-12)15(19)9-20-14-7-4-11(16)8-13(14)10(2)18/h4,7-8,10,12,18H,3,5-6,9H2,1-2H3/t10-/m0/s1. The van der Waals surface area contributed by atoms with E-state index in [1.54, 1.807) is 4.90 Å². The third-order valence-electron chi connectivity index (χ3n) is 3.42. The van der Waals surface area contributed by atoms with E-state index in [1.807, 2.05) is 6.92 Å². The fourth-order valence-electron chi connectivity index (χ4n) is 2.22. The predicted molar refractivity (Wildman–Crippen MR) is 72.9 cm³/mol. The number of carbonyl (C=O) groups is 1. The Morgan fingerprint density at radius 1 is 1.55 bits per heavy atom. The van der Waals surface area contributed by atoms with Gasteiger partial charge in [-0.05, 0) is 44.9 Å². The summed E-state index contributed by atoms with van der Waals surface area (Å²) >= 11 is 0. The van der Waals surface area contributed by atoms with Crippen LogP contribution >= 0.6 is 0 Å². The highest BCUT2D eigenvalue weighted by Gasteiger charge is 2.31. The van der Waals surface area contributed by atoms with Gasteiger partial charge in [0.25, 0.3) is 5.91 Å². The first-order chi connectivity index (χ1) is 9.52. The lowest BCUT2D eigenvalue weighted by Crippen LogP contribution is -2.36. The molecular formula is C15H20FNO3. The zero-order valence-electron chi connectivity index (χ0n) is 11.8. The van der Waals surface area contributed by atoms with Crippen molar-refractivity contribution in [3.8, 4) is 5.75 Å². The van der Waals surface area contributed by atoms with Crippen molar-refractivity contribution in [2.75, 3.05) is 13.2 Å². The number of aliphatic hydroxyl groups excluding tert-OH is 1. The number of halogens is 1. The second-order valence-electron chi connectivity index (χ2n) is 5.06. The highest BCUT2D eigenvalue weighted by molar-refractivity contribution is 5.78. The van der Waals surface area contributed by atoms with E-state index < -0.39 is 11.9 Å². The molecule has 1 aromatic carbocycles. The van der Waals surface area contributed by atoms with E-state index in [9.17, 15) is 14.3 Å². The van der Waals surface area contributed by atoms with Crippen LogP contribution in [0.3, 0.4) is 0 Å². The molecule has 1 aliphatic rings. The van der Waals surface area contributed by atoms with Crippen LogP contribution in [0.4, 0.5) is 4.39 Å². The molecule has 0 heterocycles. The minimum absolute atomic E-state index is 0.0733. The zero-order valence-corrected chi connectivity index (χ0v) is 11.8. The molecule has 0 radical (unpaired) electrons. The van der Waals surface area contributed by atoms with Crippen LogP contribution < -0.4 is 4.74 Å². The Bertz CT molecular complexity index is 486. The van der Waals surface area contributed by atoms with Gasteiger partial charge in [0.15, 0.2) is 6.61 Å². The molecule has 1 amide bonds. The van der Waals surface area contributed by atoms with Crippen LogP contribution in [0.2, 0.25) is 0 Å². The summed E-state index contributed by atoms with van der Waals surface area (Å²) in [4.78, 5) is 13.8. The van der Waals surface area contributed by atoms with Gasteiger partial charge >= 0.3 is 0 Å². The van der Waals surface area contributed by atoms with Crippen molar-refractivity contribution in [2.45, 2.75) is 38.8 Å². The molecule has 0 spiro atoms. The van der Waals surface area contributed by atoms with Gasteiger partial charge in [-0.15, -0.1) is 0 Å². The molecule has 1 aliphatic carbocycles. The molecule has 0 bridgehead atoms. The molecule has 1 N–H and O–H groups in total. The fraction of sp³-hybridized carbons (Fsp3) is 0.533. The molecule has 1 atom stereocenters. The van der Waals surface area contributed by atoms with Crippen LogP contribution in [-0.2, 0) is 4.79 Å². The van der Waals surface area contributed by atoms with Gasteiger partial charge < -0.3 is 14.7 Å². The number of carbonyl (C=O) groups excluding carboxylic acids is 1. The van der Waals surface area contributed by atoms with Crippen LogP contribution in [0.5, 0.6) is 5.75 Å². The molecule has 20 heavy (non-hydrogen) atoms. The molecule has 1 saturated carbocycles. The maximum absolute atomic E-state index is 13.2. The summed E-state index contributed by atoms with van der Waals surface area (Å²) < 4.78 is 18.6. The van der Waals surface area contributed by atoms with E-state index in [4.69, 9.17) is 4.74 Å². The van der Waals surface area contributed by atoms with E-state index in [2.05, 4.69) is 0 Å². The van der Waals surface area contributed by atoms with Crippen molar-refractivity contribution >= 4 is 5.91 Å². The number of hydrogen-bond donors (Lipinski definition) is 1. The molecule has 2 rings (SSSR count). The number of amides is 1. The van der Waals surface area contributed by atoms with Crippen molar-refractivity contribution in [2.24, 2.45) is 0 Å². The molecule has 1 fully saturated rings. The summed E-state index contributed by atoms with van der Waals surface area (Å²) in [6.07, 6.45) is 1.26. The topological polar surface area (TPSA) is 49.8 Å². The second kappa shape index (κ2) is 6.22. The third kappa shape index (κ3) is 3.48. The van der Waals surface area contributed by atoms with Gasteiger partial charge in [-0.1, -0.05) is 0 Å². The van der Waals surface area contributed by atoms with Gasteiger partial charge in [0.05, 0.1) is 6.10 Å². The highest BCUT2D eigenvalue weighted by atomic mass is 19.1. The van der Waals surface area contributed by atoms with Crippen molar-refractivity contribution in [1.29, 1.82) is 0 Å². The van der Waals surface area contributed by atoms with Gasteiger partial charge in [0.2, 0.25) is 0 Å². The fourth-order valence-corrected chi connectivity index (χ4v) is 2.22. The average molecular weight is 281 g/mol. The third-order valence-corrected chi connectivity index (χ3v) is 3.42. The smallest absolute Gasteiger partial charge is 0.260 e.